The summed E-state index contributed by atoms with van der Waals surface area (Å²) in [6.45, 7) is 1.78. The number of Topliss-reactive ketones (excluding diaryl/α,β-unsaturated/α-hetero) is 1. The Kier molecular flexibility index (Phi) is 7.00. The normalized spacial score (nSPS) is 18.8. The van der Waals surface area contributed by atoms with E-state index in [0.717, 1.165) is 5.56 Å². The van der Waals surface area contributed by atoms with E-state index in [4.69, 9.17) is 39.6 Å². The van der Waals surface area contributed by atoms with Gasteiger partial charge in [0.2, 0.25) is 6.10 Å². The van der Waals surface area contributed by atoms with Gasteiger partial charge in [-0.15, -0.1) is 0 Å². The third-order valence-corrected chi connectivity index (χ3v) is 5.63. The Hall–Kier alpha value is -1.76. The number of halogens is 6. The first-order valence-electron chi connectivity index (χ1n) is 9.17. The molecule has 0 fully saturated rings. The second kappa shape index (κ2) is 9.16. The summed E-state index contributed by atoms with van der Waals surface area (Å²) in [7, 11) is 0. The number of hydrogen-bond donors (Lipinski definition) is 0. The van der Waals surface area contributed by atoms with Gasteiger partial charge in [0.25, 0.3) is 0 Å². The number of aryl methyl sites for hydroxylation is 1. The van der Waals surface area contributed by atoms with E-state index < -0.39 is 18.2 Å². The predicted octanol–water partition coefficient (Wildman–Crippen LogP) is 7.01. The first-order valence-corrected chi connectivity index (χ1v) is 10.3. The standard InChI is InChI=1S/C21H17Cl3F3NO2/c1-2-16(29)6-5-11-3-4-12(9-17(11)24)19-18(20(30-28-19)21(25,26)27)13-7-14(22)10-15(23)8-13/h3-4,7-10,18,20H,2,5-6H2,1H3. The van der Waals surface area contributed by atoms with Crippen molar-refractivity contribution in [2.75, 3.05) is 0 Å². The molecule has 0 bridgehead atoms. The number of ketones is 1. The van der Waals surface area contributed by atoms with Crippen LogP contribution in [0.3, 0.4) is 0 Å². The lowest BCUT2D eigenvalue weighted by molar-refractivity contribution is -0.216. The SMILES string of the molecule is CCC(=O)CCc1ccc(C2=NOC(C(F)(F)F)C2c2cc(Cl)cc(Cl)c2)cc1Cl. The second-order valence-electron chi connectivity index (χ2n) is 6.92. The molecule has 1 aliphatic heterocycles. The van der Waals surface area contributed by atoms with E-state index in [9.17, 15) is 18.0 Å². The fourth-order valence-electron chi connectivity index (χ4n) is 3.30. The van der Waals surface area contributed by atoms with Gasteiger partial charge in [-0.05, 0) is 41.8 Å². The van der Waals surface area contributed by atoms with Crippen molar-refractivity contribution >= 4 is 46.3 Å². The lowest BCUT2D eigenvalue weighted by Crippen LogP contribution is -2.35. The molecule has 3 rings (SSSR count). The largest absolute Gasteiger partial charge is 0.429 e. The maximum absolute atomic E-state index is 13.6. The highest BCUT2D eigenvalue weighted by atomic mass is 35.5. The second-order valence-corrected chi connectivity index (χ2v) is 8.20. The average molecular weight is 479 g/mol. The van der Waals surface area contributed by atoms with Crippen LogP contribution in [0.4, 0.5) is 13.2 Å². The Morgan fingerprint density at radius 1 is 1.10 bits per heavy atom. The zero-order valence-corrected chi connectivity index (χ0v) is 18.0. The molecule has 0 aliphatic carbocycles. The number of carbonyl (C=O) groups excluding carboxylic acids is 1. The van der Waals surface area contributed by atoms with E-state index >= 15 is 0 Å². The first kappa shape index (κ1) is 22.9. The van der Waals surface area contributed by atoms with Gasteiger partial charge in [-0.3, -0.25) is 4.79 Å². The third kappa shape index (κ3) is 5.10. The summed E-state index contributed by atoms with van der Waals surface area (Å²) in [6, 6.07) is 9.10. The number of oxime groups is 1. The van der Waals surface area contributed by atoms with Gasteiger partial charge in [0, 0.05) is 33.5 Å². The molecule has 1 aliphatic rings. The van der Waals surface area contributed by atoms with Crippen LogP contribution in [-0.2, 0) is 16.1 Å². The fourth-order valence-corrected chi connectivity index (χ4v) is 4.12. The molecule has 2 aromatic rings. The summed E-state index contributed by atoms with van der Waals surface area (Å²) in [5.74, 6) is -1.15. The molecule has 0 saturated carbocycles. The van der Waals surface area contributed by atoms with Crippen molar-refractivity contribution in [1.29, 1.82) is 0 Å². The molecular weight excluding hydrogens is 462 g/mol. The molecule has 1 heterocycles. The Morgan fingerprint density at radius 2 is 1.77 bits per heavy atom. The Balaban J connectivity index is 1.97. The van der Waals surface area contributed by atoms with E-state index in [0.29, 0.717) is 29.8 Å². The van der Waals surface area contributed by atoms with Gasteiger partial charge in [0.1, 0.15) is 5.78 Å². The molecule has 0 radical (unpaired) electrons. The summed E-state index contributed by atoms with van der Waals surface area (Å²) < 4.78 is 40.9. The van der Waals surface area contributed by atoms with Crippen molar-refractivity contribution in [3.05, 3.63) is 68.2 Å². The Bertz CT molecular complexity index is 972. The average Bonchev–Trinajstić information content (AvgIpc) is 3.11. The molecule has 2 aromatic carbocycles. The Morgan fingerprint density at radius 3 is 2.33 bits per heavy atom. The number of rotatable bonds is 6. The third-order valence-electron chi connectivity index (χ3n) is 4.84. The summed E-state index contributed by atoms with van der Waals surface area (Å²) >= 11 is 18.3. The smallest absolute Gasteiger partial charge is 0.381 e. The molecule has 0 saturated heterocycles. The molecule has 9 heteroatoms. The molecule has 0 amide bonds. The quantitative estimate of drug-likeness (QED) is 0.448. The van der Waals surface area contributed by atoms with Crippen molar-refractivity contribution in [3.63, 3.8) is 0 Å². The monoisotopic (exact) mass is 477 g/mol. The minimum absolute atomic E-state index is 0.0775. The van der Waals surface area contributed by atoms with Crippen LogP contribution in [-0.4, -0.2) is 23.8 Å². The highest BCUT2D eigenvalue weighted by molar-refractivity contribution is 6.35. The van der Waals surface area contributed by atoms with Crippen LogP contribution >= 0.6 is 34.8 Å². The van der Waals surface area contributed by atoms with Gasteiger partial charge < -0.3 is 4.84 Å². The zero-order chi connectivity index (χ0) is 22.1. The van der Waals surface area contributed by atoms with E-state index in [-0.39, 0.29) is 27.1 Å². The van der Waals surface area contributed by atoms with Gasteiger partial charge in [0.15, 0.2) is 0 Å². The number of carbonyl (C=O) groups is 1. The van der Waals surface area contributed by atoms with Crippen molar-refractivity contribution < 1.29 is 22.8 Å². The molecule has 0 aromatic heterocycles. The molecule has 2 unspecified atom stereocenters. The number of benzene rings is 2. The highest BCUT2D eigenvalue weighted by Gasteiger charge is 2.53. The lowest BCUT2D eigenvalue weighted by atomic mass is 9.85. The van der Waals surface area contributed by atoms with Crippen molar-refractivity contribution in [1.82, 2.24) is 0 Å². The first-order chi connectivity index (χ1) is 14.1. The van der Waals surface area contributed by atoms with Gasteiger partial charge in [0.05, 0.1) is 11.6 Å². The van der Waals surface area contributed by atoms with Crippen molar-refractivity contribution in [2.24, 2.45) is 5.16 Å². The number of nitrogens with zero attached hydrogens (tertiary/aromatic N) is 1. The predicted molar refractivity (Wildman–Crippen MR) is 112 cm³/mol. The molecular formula is C21H17Cl3F3NO2. The van der Waals surface area contributed by atoms with Gasteiger partial charge in [-0.2, -0.15) is 13.2 Å². The molecule has 0 N–H and O–H groups in total. The van der Waals surface area contributed by atoms with Crippen LogP contribution in [0.1, 0.15) is 42.4 Å². The van der Waals surface area contributed by atoms with Crippen molar-refractivity contribution in [3.8, 4) is 0 Å². The van der Waals surface area contributed by atoms with Gasteiger partial charge >= 0.3 is 6.18 Å². The highest BCUT2D eigenvalue weighted by Crippen LogP contribution is 2.42. The van der Waals surface area contributed by atoms with Crippen LogP contribution < -0.4 is 0 Å². The molecule has 2 atom stereocenters. The van der Waals surface area contributed by atoms with E-state index in [1.165, 1.54) is 24.3 Å². The van der Waals surface area contributed by atoms with Crippen LogP contribution in [0.25, 0.3) is 0 Å². The summed E-state index contributed by atoms with van der Waals surface area (Å²) in [5, 5.41) is 4.49. The zero-order valence-electron chi connectivity index (χ0n) is 15.8. The lowest BCUT2D eigenvalue weighted by Gasteiger charge is -2.22. The summed E-state index contributed by atoms with van der Waals surface area (Å²) in [4.78, 5) is 16.3. The van der Waals surface area contributed by atoms with E-state index in [1.54, 1.807) is 19.1 Å². The molecule has 30 heavy (non-hydrogen) atoms. The fraction of sp³-hybridized carbons (Fsp3) is 0.333. The minimum atomic E-state index is -4.66. The molecule has 160 valence electrons. The summed E-state index contributed by atoms with van der Waals surface area (Å²) in [6.07, 6.45) is -5.60. The van der Waals surface area contributed by atoms with E-state index in [1.807, 2.05) is 0 Å². The van der Waals surface area contributed by atoms with Crippen LogP contribution in [0, 0.1) is 0 Å². The van der Waals surface area contributed by atoms with E-state index in [2.05, 4.69) is 5.16 Å². The topological polar surface area (TPSA) is 38.7 Å². The summed E-state index contributed by atoms with van der Waals surface area (Å²) in [5.41, 5.74) is 1.43. The van der Waals surface area contributed by atoms with Gasteiger partial charge in [-0.1, -0.05) is 59.0 Å². The number of hydrogen-bond acceptors (Lipinski definition) is 3. The van der Waals surface area contributed by atoms with Crippen molar-refractivity contribution in [2.45, 2.75) is 44.4 Å². The van der Waals surface area contributed by atoms with Crippen LogP contribution in [0.2, 0.25) is 15.1 Å². The molecule has 0 spiro atoms. The maximum Gasteiger partial charge on any atom is 0.429 e. The number of alkyl halides is 3. The van der Waals surface area contributed by atoms with Crippen LogP contribution in [0.15, 0.2) is 41.6 Å². The van der Waals surface area contributed by atoms with Gasteiger partial charge in [-0.25, -0.2) is 0 Å². The molecule has 3 nitrogen and oxygen atoms in total. The maximum atomic E-state index is 13.6. The minimum Gasteiger partial charge on any atom is -0.381 e. The van der Waals surface area contributed by atoms with Crippen LogP contribution in [0.5, 0.6) is 0 Å². The Labute approximate surface area is 186 Å².